The lowest BCUT2D eigenvalue weighted by atomic mass is 10.1. The standard InChI is InChI=1S/C26H31F3N3O3S.C2H6/c1-32(11-9-30-10-12-32)17-20-16-23(33)24(18-35-20)34-13-3-2-4-14-36-25-7-8-31-22-15-19(26(27,28)29)5-6-21(22)25;1-2/h5-8,15-16,18,30H,2-4,9-14,17H2,1H3;1-2H3/q+1;/p+1. The molecule has 0 amide bonds. The smallest absolute Gasteiger partial charge is 0.416 e. The first kappa shape index (κ1) is 30.0. The van der Waals surface area contributed by atoms with Crippen LogP contribution < -0.4 is 20.5 Å². The summed E-state index contributed by atoms with van der Waals surface area (Å²) in [6, 6.07) is 7.21. The lowest BCUT2D eigenvalue weighted by Crippen LogP contribution is -2.55. The van der Waals surface area contributed by atoms with E-state index in [0.29, 0.717) is 24.4 Å². The maximum Gasteiger partial charge on any atom is 0.416 e. The van der Waals surface area contributed by atoms with Gasteiger partial charge in [0.2, 0.25) is 16.7 Å². The van der Waals surface area contributed by atoms with Crippen LogP contribution in [-0.2, 0) is 12.7 Å². The number of hydrogen-bond donors (Lipinski definition) is 1. The van der Waals surface area contributed by atoms with E-state index in [9.17, 15) is 18.0 Å². The van der Waals surface area contributed by atoms with Gasteiger partial charge in [0, 0.05) is 36.2 Å². The highest BCUT2D eigenvalue weighted by Gasteiger charge is 2.31. The number of ether oxygens (including phenoxy) is 1. The van der Waals surface area contributed by atoms with Crippen molar-refractivity contribution in [1.29, 1.82) is 0 Å². The van der Waals surface area contributed by atoms with Crippen LogP contribution >= 0.6 is 11.8 Å². The number of hydrogen-bond acceptors (Lipinski definition) is 5. The minimum absolute atomic E-state index is 0.157. The van der Waals surface area contributed by atoms with Gasteiger partial charge in [0.25, 0.3) is 0 Å². The highest BCUT2D eigenvalue weighted by molar-refractivity contribution is 7.99. The topological polar surface area (TPSA) is 65.6 Å². The van der Waals surface area contributed by atoms with Gasteiger partial charge in [-0.15, -0.1) is 11.8 Å². The number of unbranched alkanes of at least 4 members (excludes halogenated alkanes) is 2. The maximum absolute atomic E-state index is 13.0. The molecule has 208 valence electrons. The number of pyridine rings is 1. The van der Waals surface area contributed by atoms with Gasteiger partial charge in [0.15, 0.2) is 12.0 Å². The largest absolute Gasteiger partial charge is 0.487 e. The van der Waals surface area contributed by atoms with Crippen LogP contribution in [-0.4, -0.2) is 50.1 Å². The fraction of sp³-hybridized carbons (Fsp3) is 0.500. The lowest BCUT2D eigenvalue weighted by Gasteiger charge is -2.37. The van der Waals surface area contributed by atoms with Gasteiger partial charge >= 0.3 is 6.18 Å². The second kappa shape index (κ2) is 14.0. The van der Waals surface area contributed by atoms with Gasteiger partial charge in [-0.05, 0) is 37.1 Å². The summed E-state index contributed by atoms with van der Waals surface area (Å²) in [5.41, 5.74) is -0.348. The molecule has 1 aliphatic heterocycles. The fourth-order valence-electron chi connectivity index (χ4n) is 4.32. The van der Waals surface area contributed by atoms with Gasteiger partial charge in [-0.25, -0.2) is 4.98 Å². The molecule has 0 atom stereocenters. The number of alkyl halides is 3. The molecule has 1 aliphatic rings. The molecule has 3 aromatic rings. The Morgan fingerprint density at radius 1 is 1.11 bits per heavy atom. The first-order chi connectivity index (χ1) is 18.2. The van der Waals surface area contributed by atoms with Crippen molar-refractivity contribution < 1.29 is 31.8 Å². The number of aromatic amines is 1. The number of aromatic nitrogens is 1. The van der Waals surface area contributed by atoms with Crippen LogP contribution in [0.5, 0.6) is 5.75 Å². The quantitative estimate of drug-likeness (QED) is 0.203. The minimum Gasteiger partial charge on any atom is -0.487 e. The molecule has 0 spiro atoms. The molecule has 38 heavy (non-hydrogen) atoms. The maximum atomic E-state index is 13.0. The predicted molar refractivity (Wildman–Crippen MR) is 144 cm³/mol. The third-order valence-electron chi connectivity index (χ3n) is 6.44. The van der Waals surface area contributed by atoms with Crippen LogP contribution in [0.15, 0.2) is 56.9 Å². The molecule has 1 saturated heterocycles. The monoisotopic (exact) mass is 553 g/mol. The molecule has 0 unspecified atom stereocenters. The van der Waals surface area contributed by atoms with Crippen LogP contribution in [0.3, 0.4) is 0 Å². The number of nitrogens with zero attached hydrogens (tertiary/aromatic N) is 1. The number of fused-ring (bicyclic) bond motifs is 1. The van der Waals surface area contributed by atoms with Crippen molar-refractivity contribution in [3.8, 4) is 5.75 Å². The third-order valence-corrected chi connectivity index (χ3v) is 7.60. The van der Waals surface area contributed by atoms with Crippen LogP contribution in [0.4, 0.5) is 13.2 Å². The molecule has 0 saturated carbocycles. The van der Waals surface area contributed by atoms with Gasteiger partial charge in [0.05, 0.1) is 37.7 Å². The summed E-state index contributed by atoms with van der Waals surface area (Å²) in [6.07, 6.45) is 1.36. The van der Waals surface area contributed by atoms with Gasteiger partial charge < -0.3 is 19.0 Å². The average molecular weight is 554 g/mol. The zero-order chi connectivity index (χ0) is 27.6. The number of thioether (sulfide) groups is 1. The van der Waals surface area contributed by atoms with Gasteiger partial charge in [-0.2, -0.15) is 13.2 Å². The van der Waals surface area contributed by atoms with E-state index in [-0.39, 0.29) is 11.2 Å². The average Bonchev–Trinajstić information content (AvgIpc) is 2.90. The number of piperazine rings is 1. The van der Waals surface area contributed by atoms with Crippen molar-refractivity contribution in [3.63, 3.8) is 0 Å². The van der Waals surface area contributed by atoms with Crippen molar-refractivity contribution in [1.82, 2.24) is 5.32 Å². The molecule has 0 aliphatic carbocycles. The van der Waals surface area contributed by atoms with E-state index in [1.807, 2.05) is 19.9 Å². The molecule has 2 N–H and O–H groups in total. The highest BCUT2D eigenvalue weighted by atomic mass is 32.2. The summed E-state index contributed by atoms with van der Waals surface area (Å²) in [7, 11) is 2.17. The van der Waals surface area contributed by atoms with E-state index in [0.717, 1.165) is 78.1 Å². The number of halogens is 3. The summed E-state index contributed by atoms with van der Waals surface area (Å²) in [6.45, 7) is 9.04. The predicted octanol–water partition coefficient (Wildman–Crippen LogP) is 5.54. The van der Waals surface area contributed by atoms with Gasteiger partial charge in [-0.3, -0.25) is 4.79 Å². The molecule has 1 fully saturated rings. The Labute approximate surface area is 226 Å². The SMILES string of the molecule is CC.C[N+]1(Cc2cc(=O)c(OCCCCCSc3cc[nH+]c4cc(C(F)(F)F)ccc34)co2)CCNCC1. The van der Waals surface area contributed by atoms with E-state index in [2.05, 4.69) is 17.3 Å². The lowest BCUT2D eigenvalue weighted by molar-refractivity contribution is -0.925. The van der Waals surface area contributed by atoms with Crippen molar-refractivity contribution in [2.45, 2.75) is 50.7 Å². The van der Waals surface area contributed by atoms with Crippen molar-refractivity contribution in [3.05, 3.63) is 64.3 Å². The molecular formula is C28H38F3N3O3S+2. The number of likely N-dealkylation sites (N-methyl/N-ethyl adjacent to an activating group) is 1. The molecule has 0 radical (unpaired) electrons. The number of benzene rings is 1. The number of rotatable bonds is 10. The molecule has 10 heteroatoms. The molecule has 0 bridgehead atoms. The highest BCUT2D eigenvalue weighted by Crippen LogP contribution is 2.33. The van der Waals surface area contributed by atoms with Crippen molar-refractivity contribution >= 4 is 22.7 Å². The van der Waals surface area contributed by atoms with E-state index in [1.165, 1.54) is 18.4 Å². The van der Waals surface area contributed by atoms with E-state index >= 15 is 0 Å². The Morgan fingerprint density at radius 3 is 2.58 bits per heavy atom. The second-order valence-electron chi connectivity index (χ2n) is 9.41. The second-order valence-corrected chi connectivity index (χ2v) is 10.5. The zero-order valence-corrected chi connectivity index (χ0v) is 23.1. The van der Waals surface area contributed by atoms with Crippen LogP contribution in [0.25, 0.3) is 10.9 Å². The zero-order valence-electron chi connectivity index (χ0n) is 22.3. The molecule has 6 nitrogen and oxygen atoms in total. The third kappa shape index (κ3) is 8.47. The van der Waals surface area contributed by atoms with E-state index in [1.54, 1.807) is 18.0 Å². The van der Waals surface area contributed by atoms with Crippen molar-refractivity contribution in [2.75, 3.05) is 45.6 Å². The molecule has 2 aromatic heterocycles. The molecule has 3 heterocycles. The van der Waals surface area contributed by atoms with Gasteiger partial charge in [0.1, 0.15) is 12.8 Å². The number of nitrogens with one attached hydrogen (secondary N) is 2. The summed E-state index contributed by atoms with van der Waals surface area (Å²) in [4.78, 5) is 16.3. The van der Waals surface area contributed by atoms with E-state index < -0.39 is 11.7 Å². The summed E-state index contributed by atoms with van der Waals surface area (Å²) in [5, 5.41) is 4.12. The van der Waals surface area contributed by atoms with Crippen LogP contribution in [0.2, 0.25) is 0 Å². The normalized spacial score (nSPS) is 15.1. The first-order valence-electron chi connectivity index (χ1n) is 13.2. The first-order valence-corrected chi connectivity index (χ1v) is 14.2. The van der Waals surface area contributed by atoms with Gasteiger partial charge in [-0.1, -0.05) is 13.8 Å². The van der Waals surface area contributed by atoms with Crippen molar-refractivity contribution in [2.24, 2.45) is 0 Å². The fourth-order valence-corrected chi connectivity index (χ4v) is 5.38. The Kier molecular flexibility index (Phi) is 11.1. The molecular weight excluding hydrogens is 515 g/mol. The molecule has 4 rings (SSSR count). The van der Waals surface area contributed by atoms with Crippen LogP contribution in [0.1, 0.15) is 44.4 Å². The van der Waals surface area contributed by atoms with Crippen LogP contribution in [0, 0.1) is 0 Å². The summed E-state index contributed by atoms with van der Waals surface area (Å²) < 4.78 is 51.1. The number of quaternary nitrogens is 1. The Morgan fingerprint density at radius 2 is 1.87 bits per heavy atom. The molecule has 1 aromatic carbocycles. The minimum atomic E-state index is -4.36. The Hall–Kier alpha value is -2.56. The summed E-state index contributed by atoms with van der Waals surface area (Å²) >= 11 is 1.62. The Bertz CT molecular complexity index is 1230. The number of H-pyrrole nitrogens is 1. The van der Waals surface area contributed by atoms with E-state index in [4.69, 9.17) is 9.15 Å². The Balaban J connectivity index is 0.00000195. The summed E-state index contributed by atoms with van der Waals surface area (Å²) in [5.74, 6) is 1.75.